The largest absolute Gasteiger partial charge is 0.388 e. The Labute approximate surface area is 184 Å². The first kappa shape index (κ1) is 22.4. The van der Waals surface area contributed by atoms with Crippen molar-refractivity contribution in [2.45, 2.75) is 71.2 Å². The SMILES string of the molecule is CCn1c(CO)nn(-c2cc3c(C(C)C)cn(C4CCC(OC)C4)c(=O)c3cc2F)c1=O. The molecule has 1 aliphatic carbocycles. The van der Waals surface area contributed by atoms with Crippen molar-refractivity contribution in [3.8, 4) is 5.69 Å². The van der Waals surface area contributed by atoms with Gasteiger partial charge in [-0.1, -0.05) is 13.8 Å². The maximum atomic E-state index is 15.2. The van der Waals surface area contributed by atoms with E-state index in [0.29, 0.717) is 11.9 Å². The summed E-state index contributed by atoms with van der Waals surface area (Å²) in [6.45, 7) is 5.65. The van der Waals surface area contributed by atoms with Crippen molar-refractivity contribution in [3.63, 3.8) is 0 Å². The predicted octanol–water partition coefficient (Wildman–Crippen LogP) is 2.86. The van der Waals surface area contributed by atoms with Gasteiger partial charge in [0.25, 0.3) is 5.56 Å². The zero-order valence-corrected chi connectivity index (χ0v) is 18.8. The van der Waals surface area contributed by atoms with Crippen LogP contribution in [0, 0.1) is 5.82 Å². The summed E-state index contributed by atoms with van der Waals surface area (Å²) in [7, 11) is 1.68. The lowest BCUT2D eigenvalue weighted by atomic mass is 9.97. The number of fused-ring (bicyclic) bond motifs is 1. The van der Waals surface area contributed by atoms with Gasteiger partial charge in [0.15, 0.2) is 5.82 Å². The van der Waals surface area contributed by atoms with Crippen LogP contribution in [-0.2, 0) is 17.9 Å². The van der Waals surface area contributed by atoms with Gasteiger partial charge in [0.1, 0.15) is 18.1 Å². The molecule has 9 heteroatoms. The molecule has 0 bridgehead atoms. The maximum absolute atomic E-state index is 15.2. The Balaban J connectivity index is 1.94. The van der Waals surface area contributed by atoms with E-state index in [1.165, 1.54) is 16.7 Å². The van der Waals surface area contributed by atoms with Gasteiger partial charge in [0, 0.05) is 25.9 Å². The van der Waals surface area contributed by atoms with E-state index in [4.69, 9.17) is 4.74 Å². The normalized spacial score (nSPS) is 18.8. The minimum Gasteiger partial charge on any atom is -0.388 e. The summed E-state index contributed by atoms with van der Waals surface area (Å²) in [5.74, 6) is -0.485. The van der Waals surface area contributed by atoms with Gasteiger partial charge in [-0.2, -0.15) is 4.68 Å². The Hall–Kier alpha value is -2.78. The third-order valence-electron chi connectivity index (χ3n) is 6.47. The van der Waals surface area contributed by atoms with Crippen molar-refractivity contribution in [1.29, 1.82) is 0 Å². The van der Waals surface area contributed by atoms with E-state index >= 15 is 4.39 Å². The molecular weight excluding hydrogens is 415 g/mol. The predicted molar refractivity (Wildman–Crippen MR) is 119 cm³/mol. The van der Waals surface area contributed by atoms with Crippen LogP contribution < -0.4 is 11.2 Å². The highest BCUT2D eigenvalue weighted by Crippen LogP contribution is 2.33. The van der Waals surface area contributed by atoms with Gasteiger partial charge < -0.3 is 14.4 Å². The number of hydrogen-bond acceptors (Lipinski definition) is 5. The van der Waals surface area contributed by atoms with Gasteiger partial charge in [-0.3, -0.25) is 9.36 Å². The molecule has 1 fully saturated rings. The lowest BCUT2D eigenvalue weighted by Crippen LogP contribution is -2.26. The summed E-state index contributed by atoms with van der Waals surface area (Å²) in [6, 6.07) is 2.73. The van der Waals surface area contributed by atoms with Crippen LogP contribution in [0.4, 0.5) is 4.39 Å². The summed E-state index contributed by atoms with van der Waals surface area (Å²) in [5.41, 5.74) is 0.0701. The number of aromatic nitrogens is 4. The van der Waals surface area contributed by atoms with E-state index in [1.807, 2.05) is 20.0 Å². The summed E-state index contributed by atoms with van der Waals surface area (Å²) < 4.78 is 24.7. The number of halogens is 1. The van der Waals surface area contributed by atoms with Crippen LogP contribution in [-0.4, -0.2) is 37.2 Å². The Morgan fingerprint density at radius 3 is 2.56 bits per heavy atom. The average Bonchev–Trinajstić information content (AvgIpc) is 3.37. The van der Waals surface area contributed by atoms with Crippen LogP contribution >= 0.6 is 0 Å². The maximum Gasteiger partial charge on any atom is 0.350 e. The minimum absolute atomic E-state index is 0.00655. The number of aliphatic hydroxyl groups excluding tert-OH is 1. The first-order chi connectivity index (χ1) is 15.3. The molecule has 8 nitrogen and oxygen atoms in total. The quantitative estimate of drug-likeness (QED) is 0.631. The third kappa shape index (κ3) is 3.59. The second-order valence-electron chi connectivity index (χ2n) is 8.64. The van der Waals surface area contributed by atoms with Gasteiger partial charge in [0.2, 0.25) is 0 Å². The fourth-order valence-corrected chi connectivity index (χ4v) is 4.70. The molecule has 2 heterocycles. The molecule has 0 spiro atoms. The highest BCUT2D eigenvalue weighted by Gasteiger charge is 2.28. The van der Waals surface area contributed by atoms with Crippen LogP contribution in [0.5, 0.6) is 0 Å². The Morgan fingerprint density at radius 2 is 2.00 bits per heavy atom. The number of hydrogen-bond donors (Lipinski definition) is 1. The zero-order chi connectivity index (χ0) is 23.2. The van der Waals surface area contributed by atoms with Gasteiger partial charge in [-0.05, 0) is 55.2 Å². The molecule has 1 aromatic carbocycles. The molecule has 2 unspecified atom stereocenters. The smallest absolute Gasteiger partial charge is 0.350 e. The van der Waals surface area contributed by atoms with E-state index in [-0.39, 0.29) is 40.5 Å². The third-order valence-corrected chi connectivity index (χ3v) is 6.47. The molecule has 1 N–H and O–H groups in total. The lowest BCUT2D eigenvalue weighted by Gasteiger charge is -2.20. The molecule has 0 amide bonds. The number of aliphatic hydroxyl groups is 1. The van der Waals surface area contributed by atoms with Crippen LogP contribution in [0.2, 0.25) is 0 Å². The molecule has 1 saturated carbocycles. The van der Waals surface area contributed by atoms with Gasteiger partial charge in [-0.25, -0.2) is 9.18 Å². The van der Waals surface area contributed by atoms with Gasteiger partial charge in [-0.15, -0.1) is 5.10 Å². The molecule has 4 rings (SSSR count). The summed E-state index contributed by atoms with van der Waals surface area (Å²) in [4.78, 5) is 26.1. The van der Waals surface area contributed by atoms with Crippen LogP contribution in [0.15, 0.2) is 27.9 Å². The van der Waals surface area contributed by atoms with E-state index in [0.717, 1.165) is 29.5 Å². The van der Waals surface area contributed by atoms with Crippen LogP contribution in [0.1, 0.15) is 63.4 Å². The zero-order valence-electron chi connectivity index (χ0n) is 18.8. The minimum atomic E-state index is -0.712. The van der Waals surface area contributed by atoms with E-state index in [2.05, 4.69) is 5.10 Å². The molecule has 2 aromatic heterocycles. The Kier molecular flexibility index (Phi) is 6.05. The van der Waals surface area contributed by atoms with Crippen molar-refractivity contribution in [1.82, 2.24) is 18.9 Å². The van der Waals surface area contributed by atoms with Crippen molar-refractivity contribution in [3.05, 3.63) is 56.4 Å². The first-order valence-electron chi connectivity index (χ1n) is 11.0. The second kappa shape index (κ2) is 8.63. The van der Waals surface area contributed by atoms with Crippen molar-refractivity contribution < 1.29 is 14.2 Å². The topological polar surface area (TPSA) is 91.3 Å². The van der Waals surface area contributed by atoms with Crippen LogP contribution in [0.25, 0.3) is 16.5 Å². The number of benzene rings is 1. The first-order valence-corrected chi connectivity index (χ1v) is 11.0. The lowest BCUT2D eigenvalue weighted by molar-refractivity contribution is 0.105. The molecule has 3 aromatic rings. The molecule has 0 saturated heterocycles. The molecule has 32 heavy (non-hydrogen) atoms. The fraction of sp³-hybridized carbons (Fsp3) is 0.522. The molecule has 0 aliphatic heterocycles. The van der Waals surface area contributed by atoms with E-state index in [1.54, 1.807) is 18.6 Å². The second-order valence-corrected chi connectivity index (χ2v) is 8.64. The molecule has 0 radical (unpaired) electrons. The molecule has 1 aliphatic rings. The standard InChI is InChI=1S/C23H29FN4O4/c1-5-26-21(12-29)25-28(23(26)31)20-10-16-17(9-19(20)24)22(30)27(11-18(16)13(2)3)14-6-7-15(8-14)32-4/h9-11,13-15,29H,5-8,12H2,1-4H3. The van der Waals surface area contributed by atoms with E-state index in [9.17, 15) is 14.7 Å². The van der Waals surface area contributed by atoms with Crippen molar-refractivity contribution in [2.75, 3.05) is 7.11 Å². The molecule has 2 atom stereocenters. The number of nitrogens with zero attached hydrogens (tertiary/aromatic N) is 4. The average molecular weight is 445 g/mol. The number of ether oxygens (including phenoxy) is 1. The van der Waals surface area contributed by atoms with Gasteiger partial charge in [0.05, 0.1) is 11.5 Å². The fourth-order valence-electron chi connectivity index (χ4n) is 4.70. The van der Waals surface area contributed by atoms with Crippen molar-refractivity contribution >= 4 is 10.8 Å². The Bertz CT molecular complexity index is 1270. The highest BCUT2D eigenvalue weighted by molar-refractivity contribution is 5.87. The van der Waals surface area contributed by atoms with Gasteiger partial charge >= 0.3 is 5.69 Å². The number of methoxy groups -OCH3 is 1. The number of pyridine rings is 1. The summed E-state index contributed by atoms with van der Waals surface area (Å²) >= 11 is 0. The summed E-state index contributed by atoms with van der Waals surface area (Å²) in [6.07, 6.45) is 4.44. The number of rotatable bonds is 6. The summed E-state index contributed by atoms with van der Waals surface area (Å²) in [5, 5.41) is 14.5. The molecule has 172 valence electrons. The Morgan fingerprint density at radius 1 is 1.25 bits per heavy atom. The highest BCUT2D eigenvalue weighted by atomic mass is 19.1. The molecular formula is C23H29FN4O4. The monoisotopic (exact) mass is 444 g/mol. The van der Waals surface area contributed by atoms with Crippen LogP contribution in [0.3, 0.4) is 0 Å². The van der Waals surface area contributed by atoms with Crippen molar-refractivity contribution in [2.24, 2.45) is 0 Å². The van der Waals surface area contributed by atoms with E-state index < -0.39 is 18.1 Å².